The average Bonchev–Trinajstić information content (AvgIpc) is 3.04. The molecular weight excluding hydrogens is 1080 g/mol. The van der Waals surface area contributed by atoms with E-state index in [1.165, 1.54) is 6.07 Å². The van der Waals surface area contributed by atoms with Gasteiger partial charge in [-0.15, -0.1) is 0 Å². The molecule has 5 rings (SSSR count). The van der Waals surface area contributed by atoms with Crippen LogP contribution in [0.1, 0.15) is 38.5 Å². The summed E-state index contributed by atoms with van der Waals surface area (Å²) in [5, 5.41) is 23.9. The van der Waals surface area contributed by atoms with Gasteiger partial charge in [-0.1, -0.05) is 90.7 Å². The number of hydrogen-bond donors (Lipinski definition) is 0. The standard InChI is InChI=1S/C20H10I4O4.C16H17NO.2Na/c21-13-5-9(6-14(22)18(13)25)17(10-7-15(23)19(26)16(24)8-10)11-3-1-2-4-12(11)20(27)28;1-17(2)16(18)15(13-9-5-3-6-10-13)14-11-7-4-8-12-14;;/h1-8,25H,(H,27,28);3-12,15H,1-2H3;;/q;;2*+1/p-2. The Morgan fingerprint density at radius 1 is 0.688 bits per heavy atom. The molecule has 0 bridgehead atoms. The summed E-state index contributed by atoms with van der Waals surface area (Å²) in [5.74, 6) is -1.55. The Bertz CT molecular complexity index is 1810. The van der Waals surface area contributed by atoms with Crippen LogP contribution < -0.4 is 69.3 Å². The molecule has 0 fully saturated rings. The van der Waals surface area contributed by atoms with Gasteiger partial charge in [0.15, 0.2) is 0 Å². The minimum absolute atomic E-state index is 0. The smallest absolute Gasteiger partial charge is 0.871 e. The van der Waals surface area contributed by atoms with Crippen molar-refractivity contribution in [3.63, 3.8) is 0 Å². The van der Waals surface area contributed by atoms with Crippen LogP contribution in [0.15, 0.2) is 122 Å². The zero-order valence-corrected chi connectivity index (χ0v) is 39.1. The van der Waals surface area contributed by atoms with E-state index in [0.717, 1.165) is 11.1 Å². The van der Waals surface area contributed by atoms with Crippen molar-refractivity contribution in [2.24, 2.45) is 0 Å². The van der Waals surface area contributed by atoms with Gasteiger partial charge in [0.1, 0.15) is 0 Å². The van der Waals surface area contributed by atoms with Crippen molar-refractivity contribution < 1.29 is 83.7 Å². The van der Waals surface area contributed by atoms with Crippen molar-refractivity contribution in [3.8, 4) is 5.75 Å². The number of carboxylic acid groups (broad SMARTS) is 1. The first-order valence-corrected chi connectivity index (χ1v) is 18.0. The third-order valence-corrected chi connectivity index (χ3v) is 10.1. The molecule has 4 aromatic carbocycles. The molecule has 0 aliphatic heterocycles. The summed E-state index contributed by atoms with van der Waals surface area (Å²) in [5.41, 5.74) is 4.61. The quantitative estimate of drug-likeness (QED) is 0.214. The number of nitrogens with zero attached hydrogens (tertiary/aromatic N) is 1. The summed E-state index contributed by atoms with van der Waals surface area (Å²) >= 11 is 7.90. The molecule has 0 heterocycles. The number of aromatic carboxylic acids is 1. The first-order chi connectivity index (χ1) is 21.9. The number of allylic oxidation sites excluding steroid dienone is 5. The van der Waals surface area contributed by atoms with Crippen molar-refractivity contribution in [1.29, 1.82) is 0 Å². The van der Waals surface area contributed by atoms with E-state index in [1.54, 1.807) is 61.5 Å². The molecule has 48 heavy (non-hydrogen) atoms. The predicted molar refractivity (Wildman–Crippen MR) is 211 cm³/mol. The van der Waals surface area contributed by atoms with Gasteiger partial charge < -0.3 is 19.9 Å². The molecule has 0 aromatic heterocycles. The molecule has 1 amide bonds. The van der Waals surface area contributed by atoms with E-state index in [1.807, 2.05) is 151 Å². The third-order valence-electron chi connectivity index (χ3n) is 6.94. The Hall–Kier alpha value is -0.570. The number of carboxylic acids is 1. The molecule has 0 saturated heterocycles. The first kappa shape index (κ1) is 43.6. The Kier molecular flexibility index (Phi) is 18.6. The summed E-state index contributed by atoms with van der Waals surface area (Å²) < 4.78 is 2.14. The maximum absolute atomic E-state index is 12.4. The Labute approximate surface area is 379 Å². The van der Waals surface area contributed by atoms with E-state index < -0.39 is 5.97 Å². The van der Waals surface area contributed by atoms with Gasteiger partial charge >= 0.3 is 59.1 Å². The number of ketones is 1. The molecule has 0 atom stereocenters. The monoisotopic (exact) mass is 1100 g/mol. The van der Waals surface area contributed by atoms with Crippen LogP contribution >= 0.6 is 90.4 Å². The number of carbonyl (C=O) groups is 3. The van der Waals surface area contributed by atoms with E-state index in [-0.39, 0.29) is 88.0 Å². The van der Waals surface area contributed by atoms with Crippen molar-refractivity contribution in [3.05, 3.63) is 157 Å². The molecular formula is C36H25I4NNa2O5. The molecule has 1 aliphatic rings. The number of likely N-dealkylation sites (N-methyl/N-ethyl adjacent to an activating group) is 1. The largest absolute Gasteiger partial charge is 1.00 e. The Balaban J connectivity index is 0.000000348. The van der Waals surface area contributed by atoms with Crippen molar-refractivity contribution in [1.82, 2.24) is 4.90 Å². The molecule has 234 valence electrons. The van der Waals surface area contributed by atoms with Gasteiger partial charge in [0.25, 0.3) is 0 Å². The molecule has 12 heteroatoms. The number of carbonyl (C=O) groups excluding carboxylic acids is 3. The maximum Gasteiger partial charge on any atom is 1.00 e. The normalized spacial score (nSPS) is 12.0. The van der Waals surface area contributed by atoms with E-state index in [2.05, 4.69) is 0 Å². The van der Waals surface area contributed by atoms with Crippen LogP contribution in [0.5, 0.6) is 5.75 Å². The van der Waals surface area contributed by atoms with Crippen LogP contribution in [0.25, 0.3) is 5.57 Å². The van der Waals surface area contributed by atoms with Gasteiger partial charge in [-0.2, -0.15) is 0 Å². The fourth-order valence-electron chi connectivity index (χ4n) is 4.79. The van der Waals surface area contributed by atoms with Crippen LogP contribution in [0.3, 0.4) is 0 Å². The second-order valence-electron chi connectivity index (χ2n) is 10.2. The third kappa shape index (κ3) is 11.0. The Morgan fingerprint density at radius 3 is 1.52 bits per heavy atom. The molecule has 0 unspecified atom stereocenters. The molecule has 6 nitrogen and oxygen atoms in total. The van der Waals surface area contributed by atoms with Crippen molar-refractivity contribution >= 4 is 114 Å². The molecule has 0 spiro atoms. The van der Waals surface area contributed by atoms with Gasteiger partial charge in [-0.3, -0.25) is 9.59 Å². The summed E-state index contributed by atoms with van der Waals surface area (Å²) in [6, 6.07) is 29.8. The molecule has 1 aliphatic carbocycles. The summed E-state index contributed by atoms with van der Waals surface area (Å²) in [6.07, 6.45) is 3.47. The van der Waals surface area contributed by atoms with E-state index in [9.17, 15) is 24.6 Å². The number of rotatable bonds is 6. The van der Waals surface area contributed by atoms with E-state index in [4.69, 9.17) is 0 Å². The van der Waals surface area contributed by atoms with Crippen LogP contribution in [0.4, 0.5) is 0 Å². The second-order valence-corrected chi connectivity index (χ2v) is 14.9. The zero-order valence-electron chi connectivity index (χ0n) is 26.5. The fraction of sp³-hybridized carbons (Fsp3) is 0.0833. The molecule has 4 aromatic rings. The fourth-order valence-corrected chi connectivity index (χ4v) is 8.33. The average molecular weight is 1110 g/mol. The van der Waals surface area contributed by atoms with Crippen LogP contribution in [-0.4, -0.2) is 36.7 Å². The molecule has 0 radical (unpaired) electrons. The predicted octanol–water partition coefficient (Wildman–Crippen LogP) is 1.27. The van der Waals surface area contributed by atoms with Gasteiger partial charge in [0, 0.05) is 26.8 Å². The SMILES string of the molecule is CN(C)C(=O)C(c1ccccc1)c1ccccc1.O=C1C(I)=CC(=C(c2cc(I)c([O-])c(I)c2)c2ccccc2C(=O)[O-])C=C1I.[Na+].[Na+]. The van der Waals surface area contributed by atoms with E-state index in [0.29, 0.717) is 36.6 Å². The molecule has 0 N–H and O–H groups in total. The van der Waals surface area contributed by atoms with Gasteiger partial charge in [0.2, 0.25) is 11.7 Å². The maximum atomic E-state index is 12.4. The second kappa shape index (κ2) is 20.5. The van der Waals surface area contributed by atoms with Crippen molar-refractivity contribution in [2.75, 3.05) is 14.1 Å². The van der Waals surface area contributed by atoms with Crippen LogP contribution in [-0.2, 0) is 9.59 Å². The minimum Gasteiger partial charge on any atom is -0.871 e. The van der Waals surface area contributed by atoms with Crippen LogP contribution in [0, 0.1) is 7.14 Å². The Morgan fingerprint density at radius 2 is 1.10 bits per heavy atom. The number of hydrogen-bond acceptors (Lipinski definition) is 5. The van der Waals surface area contributed by atoms with Crippen LogP contribution in [0.2, 0.25) is 0 Å². The number of Topliss-reactive ketones (excluding diaryl/α,β-unsaturated/α-hetero) is 1. The summed E-state index contributed by atoms with van der Waals surface area (Å²) in [4.78, 5) is 37.9. The van der Waals surface area contributed by atoms with Gasteiger partial charge in [-0.05, 0) is 148 Å². The minimum atomic E-state index is -1.29. The first-order valence-electron chi connectivity index (χ1n) is 13.7. The number of halogens is 4. The summed E-state index contributed by atoms with van der Waals surface area (Å²) in [7, 11) is 3.59. The van der Waals surface area contributed by atoms with Gasteiger partial charge in [-0.25, -0.2) is 0 Å². The van der Waals surface area contributed by atoms with E-state index >= 15 is 0 Å². The topological polar surface area (TPSA) is 101 Å². The zero-order chi connectivity index (χ0) is 33.5. The van der Waals surface area contributed by atoms with Gasteiger partial charge in [0.05, 0.1) is 19.0 Å². The summed E-state index contributed by atoms with van der Waals surface area (Å²) in [6.45, 7) is 0. The number of amides is 1. The molecule has 0 saturated carbocycles. The van der Waals surface area contributed by atoms with Crippen molar-refractivity contribution in [2.45, 2.75) is 5.92 Å². The number of benzene rings is 4.